The Hall–Kier alpha value is -4.13. The van der Waals surface area contributed by atoms with Crippen molar-refractivity contribution in [3.05, 3.63) is 102 Å². The molecule has 0 fully saturated rings. The number of likely N-dealkylation sites (N-methyl/N-ethyl adjacent to an activating group) is 1. The van der Waals surface area contributed by atoms with E-state index < -0.39 is 6.03 Å². The molecule has 170 valence electrons. The zero-order valence-electron chi connectivity index (χ0n) is 18.7. The minimum absolute atomic E-state index is 0.119. The molecule has 0 saturated heterocycles. The number of amides is 4. The van der Waals surface area contributed by atoms with Crippen molar-refractivity contribution >= 4 is 23.5 Å². The lowest BCUT2D eigenvalue weighted by Gasteiger charge is -2.26. The molecule has 3 aromatic rings. The van der Waals surface area contributed by atoms with Crippen molar-refractivity contribution in [1.82, 2.24) is 15.5 Å². The highest BCUT2D eigenvalue weighted by Gasteiger charge is 2.18. The van der Waals surface area contributed by atoms with E-state index in [1.54, 1.807) is 30.1 Å². The minimum atomic E-state index is -0.404. The number of anilines is 1. The van der Waals surface area contributed by atoms with Crippen molar-refractivity contribution in [2.24, 2.45) is 0 Å². The summed E-state index contributed by atoms with van der Waals surface area (Å²) in [5, 5.41) is 8.21. The first-order valence-corrected chi connectivity index (χ1v) is 10.7. The number of hydrogen-bond donors (Lipinski definition) is 3. The third-order valence-electron chi connectivity index (χ3n) is 5.33. The molecule has 3 N–H and O–H groups in total. The maximum absolute atomic E-state index is 12.6. The Kier molecular flexibility index (Phi) is 8.18. The van der Waals surface area contributed by atoms with Gasteiger partial charge in [0.2, 0.25) is 5.91 Å². The molecule has 0 heterocycles. The highest BCUT2D eigenvalue weighted by atomic mass is 16.2. The van der Waals surface area contributed by atoms with Crippen LogP contribution in [-0.2, 0) is 11.3 Å². The molecule has 0 spiro atoms. The lowest BCUT2D eigenvalue weighted by atomic mass is 10.1. The second-order valence-corrected chi connectivity index (χ2v) is 7.65. The van der Waals surface area contributed by atoms with Crippen LogP contribution < -0.4 is 16.0 Å². The highest BCUT2D eigenvalue weighted by Crippen LogP contribution is 2.22. The first-order valence-electron chi connectivity index (χ1n) is 10.7. The van der Waals surface area contributed by atoms with Gasteiger partial charge in [-0.05, 0) is 42.3 Å². The van der Waals surface area contributed by atoms with Crippen LogP contribution in [0.25, 0.3) is 0 Å². The fraction of sp³-hybridized carbons (Fsp3) is 0.192. The van der Waals surface area contributed by atoms with Gasteiger partial charge in [0.15, 0.2) is 0 Å². The largest absolute Gasteiger partial charge is 0.337 e. The molecule has 0 bridgehead atoms. The van der Waals surface area contributed by atoms with Gasteiger partial charge in [0.25, 0.3) is 5.91 Å². The molecule has 0 aliphatic carbocycles. The average molecular weight is 445 g/mol. The molecule has 7 heteroatoms. The van der Waals surface area contributed by atoms with Crippen LogP contribution in [0.4, 0.5) is 10.5 Å². The first kappa shape index (κ1) is 23.5. The second-order valence-electron chi connectivity index (χ2n) is 7.65. The number of benzene rings is 3. The van der Waals surface area contributed by atoms with E-state index >= 15 is 0 Å². The van der Waals surface area contributed by atoms with Gasteiger partial charge in [-0.2, -0.15) is 0 Å². The van der Waals surface area contributed by atoms with Gasteiger partial charge in [-0.25, -0.2) is 4.79 Å². The Morgan fingerprint density at radius 2 is 1.52 bits per heavy atom. The summed E-state index contributed by atoms with van der Waals surface area (Å²) in [6, 6.07) is 25.2. The van der Waals surface area contributed by atoms with Crippen LogP contribution in [0.15, 0.2) is 84.9 Å². The van der Waals surface area contributed by atoms with Crippen LogP contribution in [0.2, 0.25) is 0 Å². The fourth-order valence-corrected chi connectivity index (χ4v) is 3.23. The molecule has 0 saturated carbocycles. The quantitative estimate of drug-likeness (QED) is 0.491. The number of carbonyl (C=O) groups excluding carboxylic acids is 3. The highest BCUT2D eigenvalue weighted by molar-refractivity contribution is 6.04. The third kappa shape index (κ3) is 6.93. The number of nitrogens with zero attached hydrogens (tertiary/aromatic N) is 1. The van der Waals surface area contributed by atoms with E-state index in [2.05, 4.69) is 16.0 Å². The van der Waals surface area contributed by atoms with Gasteiger partial charge in [0, 0.05) is 24.8 Å². The summed E-state index contributed by atoms with van der Waals surface area (Å²) in [4.78, 5) is 38.6. The van der Waals surface area contributed by atoms with Gasteiger partial charge < -0.3 is 20.9 Å². The summed E-state index contributed by atoms with van der Waals surface area (Å²) >= 11 is 0. The molecule has 1 atom stereocenters. The molecule has 33 heavy (non-hydrogen) atoms. The van der Waals surface area contributed by atoms with E-state index in [9.17, 15) is 14.4 Å². The summed E-state index contributed by atoms with van der Waals surface area (Å²) in [5.74, 6) is -0.424. The van der Waals surface area contributed by atoms with Gasteiger partial charge in [-0.1, -0.05) is 60.7 Å². The SMILES string of the molecule is C[C@H](c1cccc(NC(=O)c2ccccc2)c1)N(C)C(=O)CNC(=O)NCc1ccccc1. The molecule has 0 aromatic heterocycles. The first-order chi connectivity index (χ1) is 15.9. The molecule has 3 aromatic carbocycles. The molecule has 0 aliphatic rings. The third-order valence-corrected chi connectivity index (χ3v) is 5.33. The maximum atomic E-state index is 12.6. The van der Waals surface area contributed by atoms with Crippen molar-refractivity contribution in [2.45, 2.75) is 19.5 Å². The summed E-state index contributed by atoms with van der Waals surface area (Å²) in [5.41, 5.74) is 3.06. The predicted molar refractivity (Wildman–Crippen MR) is 129 cm³/mol. The molecular formula is C26H28N4O3. The number of hydrogen-bond acceptors (Lipinski definition) is 3. The Labute approximate surface area is 193 Å². The molecule has 4 amide bonds. The van der Waals surface area contributed by atoms with Gasteiger partial charge >= 0.3 is 6.03 Å². The normalized spacial score (nSPS) is 11.2. The van der Waals surface area contributed by atoms with Crippen LogP contribution in [0.1, 0.15) is 34.5 Å². The summed E-state index contributed by atoms with van der Waals surface area (Å²) in [6.45, 7) is 2.16. The van der Waals surface area contributed by atoms with Gasteiger partial charge in [0.05, 0.1) is 12.6 Å². The Morgan fingerprint density at radius 3 is 2.21 bits per heavy atom. The molecule has 7 nitrogen and oxygen atoms in total. The molecule has 0 radical (unpaired) electrons. The van der Waals surface area contributed by atoms with Crippen molar-refractivity contribution in [1.29, 1.82) is 0 Å². The number of nitrogens with one attached hydrogen (secondary N) is 3. The molecule has 0 unspecified atom stereocenters. The summed E-state index contributed by atoms with van der Waals surface area (Å²) in [6.07, 6.45) is 0. The Morgan fingerprint density at radius 1 is 0.848 bits per heavy atom. The fourth-order valence-electron chi connectivity index (χ4n) is 3.23. The van der Waals surface area contributed by atoms with Gasteiger partial charge in [-0.15, -0.1) is 0 Å². The van der Waals surface area contributed by atoms with Crippen molar-refractivity contribution in [3.63, 3.8) is 0 Å². The van der Waals surface area contributed by atoms with Crippen LogP contribution in [0.3, 0.4) is 0 Å². The van der Waals surface area contributed by atoms with Crippen LogP contribution >= 0.6 is 0 Å². The van der Waals surface area contributed by atoms with Crippen molar-refractivity contribution in [3.8, 4) is 0 Å². The second kappa shape index (κ2) is 11.5. The van der Waals surface area contributed by atoms with E-state index in [-0.39, 0.29) is 24.4 Å². The number of carbonyl (C=O) groups is 3. The molecular weight excluding hydrogens is 416 g/mol. The lowest BCUT2D eigenvalue weighted by Crippen LogP contribution is -2.43. The average Bonchev–Trinajstić information content (AvgIpc) is 2.86. The van der Waals surface area contributed by atoms with E-state index in [0.717, 1.165) is 11.1 Å². The van der Waals surface area contributed by atoms with Crippen LogP contribution in [0.5, 0.6) is 0 Å². The Bertz CT molecular complexity index is 1090. The summed E-state index contributed by atoms with van der Waals surface area (Å²) in [7, 11) is 1.69. The maximum Gasteiger partial charge on any atom is 0.315 e. The van der Waals surface area contributed by atoms with Gasteiger partial charge in [0.1, 0.15) is 0 Å². The minimum Gasteiger partial charge on any atom is -0.337 e. The molecule has 3 rings (SSSR count). The van der Waals surface area contributed by atoms with Crippen LogP contribution in [0, 0.1) is 0 Å². The van der Waals surface area contributed by atoms with E-state index in [1.165, 1.54) is 0 Å². The Balaban J connectivity index is 1.51. The van der Waals surface area contributed by atoms with Crippen LogP contribution in [-0.4, -0.2) is 36.3 Å². The van der Waals surface area contributed by atoms with E-state index in [4.69, 9.17) is 0 Å². The van der Waals surface area contributed by atoms with Crippen molar-refractivity contribution in [2.75, 3.05) is 18.9 Å². The number of rotatable bonds is 8. The van der Waals surface area contributed by atoms with E-state index in [1.807, 2.05) is 73.7 Å². The summed E-state index contributed by atoms with van der Waals surface area (Å²) < 4.78 is 0. The lowest BCUT2D eigenvalue weighted by molar-refractivity contribution is -0.130. The topological polar surface area (TPSA) is 90.5 Å². The monoisotopic (exact) mass is 444 g/mol. The van der Waals surface area contributed by atoms with Crippen molar-refractivity contribution < 1.29 is 14.4 Å². The zero-order chi connectivity index (χ0) is 23.6. The predicted octanol–water partition coefficient (Wildman–Crippen LogP) is 3.96. The zero-order valence-corrected chi connectivity index (χ0v) is 18.7. The standard InChI is InChI=1S/C26H28N4O3/c1-19(22-14-9-15-23(16-22)29-25(32)21-12-7-4-8-13-21)30(2)24(31)18-28-26(33)27-17-20-10-5-3-6-11-20/h3-16,19H,17-18H2,1-2H3,(H,29,32)(H2,27,28,33)/t19-/m1/s1. The number of urea groups is 1. The smallest absolute Gasteiger partial charge is 0.315 e. The van der Waals surface area contributed by atoms with Gasteiger partial charge in [-0.3, -0.25) is 9.59 Å². The molecule has 0 aliphatic heterocycles. The van der Waals surface area contributed by atoms with E-state index in [0.29, 0.717) is 17.8 Å².